The van der Waals surface area contributed by atoms with E-state index in [-0.39, 0.29) is 12.6 Å². The molecule has 1 N–H and O–H groups in total. The summed E-state index contributed by atoms with van der Waals surface area (Å²) in [5.74, 6) is 0.469. The quantitative estimate of drug-likeness (QED) is 0.371. The predicted molar refractivity (Wildman–Crippen MR) is 73.4 cm³/mol. The average Bonchev–Trinajstić information content (AvgIpc) is 2.43. The van der Waals surface area contributed by atoms with Gasteiger partial charge in [0.05, 0.1) is 13.7 Å². The van der Waals surface area contributed by atoms with Crippen LogP contribution in [0.15, 0.2) is 53.5 Å². The first-order chi connectivity index (χ1) is 8.76. The van der Waals surface area contributed by atoms with Crippen molar-refractivity contribution in [2.75, 3.05) is 12.9 Å². The van der Waals surface area contributed by atoms with Crippen LogP contribution in [-0.4, -0.2) is 23.9 Å². The normalized spacial score (nSPS) is 11.2. The zero-order valence-electron chi connectivity index (χ0n) is 10.2. The van der Waals surface area contributed by atoms with Gasteiger partial charge in [-0.15, -0.1) is 11.8 Å². The number of aliphatic hydroxyl groups excluding tert-OH is 1. The summed E-state index contributed by atoms with van der Waals surface area (Å²) in [4.78, 5) is 11.9. The van der Waals surface area contributed by atoms with Crippen LogP contribution in [-0.2, 0) is 16.1 Å². The summed E-state index contributed by atoms with van der Waals surface area (Å²) in [7, 11) is 1.35. The van der Waals surface area contributed by atoms with Crippen LogP contribution in [0.1, 0.15) is 5.56 Å². The molecule has 3 nitrogen and oxygen atoms in total. The molecule has 0 heterocycles. The Morgan fingerprint density at radius 1 is 1.33 bits per heavy atom. The standard InChI is InChI=1S/C14H16O3S/c1-17-14(16)5-3-2-4-10-18-13-8-6-12(11-15)7-9-13/h2-9,15H,10-11H2,1H3/b4-2+,5-3+. The Balaban J connectivity index is 2.30. The van der Waals surface area contributed by atoms with Gasteiger partial charge in [0.1, 0.15) is 0 Å². The molecule has 0 fully saturated rings. The summed E-state index contributed by atoms with van der Waals surface area (Å²) >= 11 is 1.69. The molecule has 0 bridgehead atoms. The highest BCUT2D eigenvalue weighted by molar-refractivity contribution is 7.99. The Kier molecular flexibility index (Phi) is 6.91. The Bertz CT molecular complexity index is 421. The minimum absolute atomic E-state index is 0.0726. The van der Waals surface area contributed by atoms with Crippen LogP contribution in [0.2, 0.25) is 0 Å². The second-order valence-corrected chi connectivity index (χ2v) is 4.52. The zero-order valence-corrected chi connectivity index (χ0v) is 11.0. The van der Waals surface area contributed by atoms with Gasteiger partial charge < -0.3 is 9.84 Å². The lowest BCUT2D eigenvalue weighted by Crippen LogP contribution is -1.92. The van der Waals surface area contributed by atoms with E-state index < -0.39 is 0 Å². The van der Waals surface area contributed by atoms with Crippen molar-refractivity contribution in [3.8, 4) is 0 Å². The first-order valence-corrected chi connectivity index (χ1v) is 6.48. The summed E-state index contributed by atoms with van der Waals surface area (Å²) in [6.45, 7) is 0.0726. The van der Waals surface area contributed by atoms with Crippen LogP contribution in [0.4, 0.5) is 0 Å². The summed E-state index contributed by atoms with van der Waals surface area (Å²) in [6, 6.07) is 7.77. The number of esters is 1. The van der Waals surface area contributed by atoms with E-state index in [4.69, 9.17) is 5.11 Å². The fourth-order valence-corrected chi connectivity index (χ4v) is 1.90. The van der Waals surface area contributed by atoms with Gasteiger partial charge in [0.2, 0.25) is 0 Å². The molecule has 1 aromatic rings. The van der Waals surface area contributed by atoms with Gasteiger partial charge in [-0.3, -0.25) is 0 Å². The third-order valence-electron chi connectivity index (χ3n) is 2.13. The fourth-order valence-electron chi connectivity index (χ4n) is 1.17. The number of aliphatic hydroxyl groups is 1. The number of carbonyl (C=O) groups excluding carboxylic acids is 1. The lowest BCUT2D eigenvalue weighted by molar-refractivity contribution is -0.134. The highest BCUT2D eigenvalue weighted by Gasteiger charge is 1.93. The molecule has 1 rings (SSSR count). The fraction of sp³-hybridized carbons (Fsp3) is 0.214. The second kappa shape index (κ2) is 8.55. The molecule has 0 aliphatic rings. The van der Waals surface area contributed by atoms with Gasteiger partial charge in [-0.05, 0) is 17.7 Å². The van der Waals surface area contributed by atoms with Crippen molar-refractivity contribution >= 4 is 17.7 Å². The highest BCUT2D eigenvalue weighted by Crippen LogP contribution is 2.18. The van der Waals surface area contributed by atoms with E-state index in [1.807, 2.05) is 36.4 Å². The molecular weight excluding hydrogens is 248 g/mol. The Morgan fingerprint density at radius 3 is 2.67 bits per heavy atom. The Labute approximate surface area is 111 Å². The van der Waals surface area contributed by atoms with Crippen LogP contribution in [0.3, 0.4) is 0 Å². The van der Waals surface area contributed by atoms with Crippen molar-refractivity contribution in [3.63, 3.8) is 0 Å². The molecule has 0 atom stereocenters. The van der Waals surface area contributed by atoms with Gasteiger partial charge in [-0.1, -0.05) is 30.4 Å². The number of ether oxygens (including phenoxy) is 1. The number of allylic oxidation sites excluding steroid dienone is 2. The molecule has 0 spiro atoms. The lowest BCUT2D eigenvalue weighted by atomic mass is 10.2. The van der Waals surface area contributed by atoms with Crippen molar-refractivity contribution in [2.45, 2.75) is 11.5 Å². The van der Waals surface area contributed by atoms with E-state index in [1.54, 1.807) is 17.8 Å². The number of benzene rings is 1. The van der Waals surface area contributed by atoms with E-state index in [2.05, 4.69) is 4.74 Å². The van der Waals surface area contributed by atoms with E-state index in [0.717, 1.165) is 16.2 Å². The topological polar surface area (TPSA) is 46.5 Å². The molecular formula is C14H16O3S. The third-order valence-corrected chi connectivity index (χ3v) is 3.10. The van der Waals surface area contributed by atoms with Gasteiger partial charge in [-0.2, -0.15) is 0 Å². The van der Waals surface area contributed by atoms with Crippen molar-refractivity contribution < 1.29 is 14.6 Å². The average molecular weight is 264 g/mol. The van der Waals surface area contributed by atoms with Gasteiger partial charge in [0.15, 0.2) is 0 Å². The van der Waals surface area contributed by atoms with E-state index in [0.29, 0.717) is 0 Å². The number of thioether (sulfide) groups is 1. The van der Waals surface area contributed by atoms with E-state index in [1.165, 1.54) is 13.2 Å². The summed E-state index contributed by atoms with van der Waals surface area (Å²) in [6.07, 6.45) is 6.80. The first kappa shape index (κ1) is 14.5. The summed E-state index contributed by atoms with van der Waals surface area (Å²) < 4.78 is 4.46. The van der Waals surface area contributed by atoms with Crippen molar-refractivity contribution in [1.29, 1.82) is 0 Å². The van der Waals surface area contributed by atoms with Crippen molar-refractivity contribution in [3.05, 3.63) is 54.1 Å². The molecule has 18 heavy (non-hydrogen) atoms. The number of rotatable bonds is 6. The molecule has 1 aromatic carbocycles. The number of hydrogen-bond acceptors (Lipinski definition) is 4. The van der Waals surface area contributed by atoms with Gasteiger partial charge >= 0.3 is 5.97 Å². The zero-order chi connectivity index (χ0) is 13.2. The maximum absolute atomic E-state index is 10.8. The SMILES string of the molecule is COC(=O)/C=C/C=C/CSc1ccc(CO)cc1. The van der Waals surface area contributed by atoms with E-state index in [9.17, 15) is 4.79 Å². The van der Waals surface area contributed by atoms with Gasteiger partial charge in [0, 0.05) is 16.7 Å². The molecule has 0 saturated carbocycles. The minimum Gasteiger partial charge on any atom is -0.466 e. The molecule has 0 amide bonds. The second-order valence-electron chi connectivity index (χ2n) is 3.42. The third kappa shape index (κ3) is 5.70. The molecule has 0 unspecified atom stereocenters. The minimum atomic E-state index is -0.355. The molecule has 0 aromatic heterocycles. The molecule has 0 aliphatic carbocycles. The maximum Gasteiger partial charge on any atom is 0.330 e. The maximum atomic E-state index is 10.8. The molecule has 96 valence electrons. The highest BCUT2D eigenvalue weighted by atomic mass is 32.2. The summed E-state index contributed by atoms with van der Waals surface area (Å²) in [5, 5.41) is 8.90. The van der Waals surface area contributed by atoms with Crippen LogP contribution >= 0.6 is 11.8 Å². The Hall–Kier alpha value is -1.52. The molecule has 0 radical (unpaired) electrons. The van der Waals surface area contributed by atoms with Gasteiger partial charge in [-0.25, -0.2) is 4.79 Å². The number of hydrogen-bond donors (Lipinski definition) is 1. The molecule has 0 saturated heterocycles. The van der Waals surface area contributed by atoms with Crippen LogP contribution < -0.4 is 0 Å². The van der Waals surface area contributed by atoms with Crippen molar-refractivity contribution in [1.82, 2.24) is 0 Å². The van der Waals surface area contributed by atoms with Crippen LogP contribution in [0.25, 0.3) is 0 Å². The summed E-state index contributed by atoms with van der Waals surface area (Å²) in [5.41, 5.74) is 0.913. The lowest BCUT2D eigenvalue weighted by Gasteiger charge is -1.99. The Morgan fingerprint density at radius 2 is 2.06 bits per heavy atom. The predicted octanol–water partition coefficient (Wildman–Crippen LogP) is 2.56. The molecule has 4 heteroatoms. The monoisotopic (exact) mass is 264 g/mol. The first-order valence-electron chi connectivity index (χ1n) is 5.50. The van der Waals surface area contributed by atoms with E-state index >= 15 is 0 Å². The van der Waals surface area contributed by atoms with Crippen molar-refractivity contribution in [2.24, 2.45) is 0 Å². The van der Waals surface area contributed by atoms with Gasteiger partial charge in [0.25, 0.3) is 0 Å². The number of methoxy groups -OCH3 is 1. The molecule has 0 aliphatic heterocycles. The van der Waals surface area contributed by atoms with Crippen LogP contribution in [0, 0.1) is 0 Å². The smallest absolute Gasteiger partial charge is 0.330 e. The largest absolute Gasteiger partial charge is 0.466 e. The van der Waals surface area contributed by atoms with Crippen LogP contribution in [0.5, 0.6) is 0 Å². The number of carbonyl (C=O) groups is 1.